The summed E-state index contributed by atoms with van der Waals surface area (Å²) in [7, 11) is 0. The predicted octanol–water partition coefficient (Wildman–Crippen LogP) is 1.85. The van der Waals surface area contributed by atoms with Crippen molar-refractivity contribution in [2.24, 2.45) is 0 Å². The van der Waals surface area contributed by atoms with E-state index in [-0.39, 0.29) is 11.4 Å². The lowest BCUT2D eigenvalue weighted by Gasteiger charge is -2.43. The van der Waals surface area contributed by atoms with Gasteiger partial charge in [-0.25, -0.2) is 0 Å². The summed E-state index contributed by atoms with van der Waals surface area (Å²) >= 11 is 0. The zero-order valence-corrected chi connectivity index (χ0v) is 11.7. The van der Waals surface area contributed by atoms with Crippen molar-refractivity contribution in [2.75, 3.05) is 30.3 Å². The molecule has 2 saturated heterocycles. The Kier molecular flexibility index (Phi) is 3.25. The first-order valence-electron chi connectivity index (χ1n) is 7.11. The van der Waals surface area contributed by atoms with Gasteiger partial charge in [0.05, 0.1) is 4.92 Å². The number of nitrogens with zero attached hydrogens (tertiary/aromatic N) is 3. The van der Waals surface area contributed by atoms with Gasteiger partial charge in [0, 0.05) is 36.9 Å². The van der Waals surface area contributed by atoms with E-state index in [1.165, 1.54) is 25.5 Å². The second kappa shape index (κ2) is 4.94. The largest absolute Gasteiger partial charge is 0.393 e. The Balaban J connectivity index is 1.85. The number of benzene rings is 1. The van der Waals surface area contributed by atoms with Gasteiger partial charge in [0.15, 0.2) is 0 Å². The van der Waals surface area contributed by atoms with Crippen LogP contribution in [0, 0.1) is 10.1 Å². The Labute approximate surface area is 118 Å². The summed E-state index contributed by atoms with van der Waals surface area (Å²) < 4.78 is 0. The van der Waals surface area contributed by atoms with E-state index in [1.54, 1.807) is 6.07 Å². The van der Waals surface area contributed by atoms with E-state index in [1.807, 2.05) is 6.07 Å². The van der Waals surface area contributed by atoms with Gasteiger partial charge >= 0.3 is 0 Å². The predicted molar refractivity (Wildman–Crippen MR) is 78.9 cm³/mol. The molecular weight excluding hydrogens is 256 g/mol. The average molecular weight is 276 g/mol. The minimum atomic E-state index is -0.433. The molecule has 0 amide bonds. The lowest BCUT2D eigenvalue weighted by Crippen LogP contribution is -2.55. The van der Waals surface area contributed by atoms with E-state index in [2.05, 4.69) is 16.7 Å². The highest BCUT2D eigenvalue weighted by molar-refractivity contribution is 5.67. The number of nitro benzene ring substituents is 1. The minimum absolute atomic E-state index is 0.0131. The van der Waals surface area contributed by atoms with Gasteiger partial charge in [-0.15, -0.1) is 0 Å². The standard InChI is InChI=1S/C14H20N4O2/c1-10-8-16-6-2-3-12(16)9-17(10)11-4-5-14(18(19)20)13(15)7-11/h4-5,7,10,12H,2-3,6,8-9,15H2,1H3. The highest BCUT2D eigenvalue weighted by Gasteiger charge is 2.34. The lowest BCUT2D eigenvalue weighted by molar-refractivity contribution is -0.383. The third-order valence-electron chi connectivity index (χ3n) is 4.48. The quantitative estimate of drug-likeness (QED) is 0.507. The topological polar surface area (TPSA) is 75.6 Å². The molecule has 2 aliphatic heterocycles. The number of hydrogen-bond acceptors (Lipinski definition) is 5. The molecule has 1 aromatic carbocycles. The maximum Gasteiger partial charge on any atom is 0.292 e. The third kappa shape index (κ3) is 2.20. The van der Waals surface area contributed by atoms with Gasteiger partial charge in [0.1, 0.15) is 5.69 Å². The number of piperazine rings is 1. The summed E-state index contributed by atoms with van der Waals surface area (Å²) in [5.74, 6) is 0. The van der Waals surface area contributed by atoms with Gasteiger partial charge in [0.25, 0.3) is 5.69 Å². The van der Waals surface area contributed by atoms with Crippen molar-refractivity contribution in [3.63, 3.8) is 0 Å². The first-order chi connectivity index (χ1) is 9.56. The molecule has 2 heterocycles. The van der Waals surface area contributed by atoms with Crippen molar-refractivity contribution in [1.29, 1.82) is 0 Å². The third-order valence-corrected chi connectivity index (χ3v) is 4.48. The Hall–Kier alpha value is -1.82. The highest BCUT2D eigenvalue weighted by atomic mass is 16.6. The fourth-order valence-corrected chi connectivity index (χ4v) is 3.43. The molecule has 2 unspecified atom stereocenters. The van der Waals surface area contributed by atoms with Crippen molar-refractivity contribution in [3.05, 3.63) is 28.3 Å². The number of nitro groups is 1. The molecule has 0 aliphatic carbocycles. The smallest absolute Gasteiger partial charge is 0.292 e. The van der Waals surface area contributed by atoms with Crippen LogP contribution in [0.1, 0.15) is 19.8 Å². The fraction of sp³-hybridized carbons (Fsp3) is 0.571. The van der Waals surface area contributed by atoms with Crippen LogP contribution in [0.15, 0.2) is 18.2 Å². The van der Waals surface area contributed by atoms with Crippen molar-refractivity contribution in [3.8, 4) is 0 Å². The molecule has 108 valence electrons. The Bertz CT molecular complexity index is 534. The summed E-state index contributed by atoms with van der Waals surface area (Å²) in [6.07, 6.45) is 2.51. The van der Waals surface area contributed by atoms with Crippen LogP contribution in [-0.4, -0.2) is 41.5 Å². The maximum absolute atomic E-state index is 10.8. The van der Waals surface area contributed by atoms with Crippen LogP contribution in [0.25, 0.3) is 0 Å². The molecule has 6 nitrogen and oxygen atoms in total. The van der Waals surface area contributed by atoms with Crippen molar-refractivity contribution >= 4 is 17.1 Å². The molecule has 3 rings (SSSR count). The summed E-state index contributed by atoms with van der Waals surface area (Å²) in [6.45, 7) is 5.44. The summed E-state index contributed by atoms with van der Waals surface area (Å²) in [6, 6.07) is 6.08. The SMILES string of the molecule is CC1CN2CCCC2CN1c1ccc([N+](=O)[O-])c(N)c1. The van der Waals surface area contributed by atoms with Gasteiger partial charge in [-0.2, -0.15) is 0 Å². The zero-order valence-electron chi connectivity index (χ0n) is 11.7. The van der Waals surface area contributed by atoms with Crippen LogP contribution in [0.5, 0.6) is 0 Å². The van der Waals surface area contributed by atoms with E-state index in [9.17, 15) is 10.1 Å². The zero-order chi connectivity index (χ0) is 14.3. The number of fused-ring (bicyclic) bond motifs is 1. The van der Waals surface area contributed by atoms with Gasteiger partial charge in [-0.1, -0.05) is 0 Å². The molecule has 1 aromatic rings. The second-order valence-electron chi connectivity index (χ2n) is 5.79. The fourth-order valence-electron chi connectivity index (χ4n) is 3.43. The van der Waals surface area contributed by atoms with Gasteiger partial charge in [-0.05, 0) is 38.4 Å². The lowest BCUT2D eigenvalue weighted by atomic mass is 10.1. The molecule has 0 aromatic heterocycles. The molecule has 0 bridgehead atoms. The molecule has 0 spiro atoms. The van der Waals surface area contributed by atoms with E-state index in [0.29, 0.717) is 12.1 Å². The number of hydrogen-bond donors (Lipinski definition) is 1. The van der Waals surface area contributed by atoms with Crippen LogP contribution < -0.4 is 10.6 Å². The van der Waals surface area contributed by atoms with E-state index in [0.717, 1.165) is 18.8 Å². The first-order valence-corrected chi connectivity index (χ1v) is 7.11. The number of nitrogens with two attached hydrogens (primary N) is 1. The van der Waals surface area contributed by atoms with Crippen LogP contribution in [-0.2, 0) is 0 Å². The van der Waals surface area contributed by atoms with Gasteiger partial charge < -0.3 is 10.6 Å². The molecule has 2 aliphatic rings. The van der Waals surface area contributed by atoms with Gasteiger partial charge in [-0.3, -0.25) is 15.0 Å². The van der Waals surface area contributed by atoms with Crippen LogP contribution in [0.4, 0.5) is 17.1 Å². The number of nitrogen functional groups attached to an aromatic ring is 1. The Morgan fingerprint density at radius 1 is 1.40 bits per heavy atom. The minimum Gasteiger partial charge on any atom is -0.393 e. The molecule has 2 N–H and O–H groups in total. The van der Waals surface area contributed by atoms with Crippen LogP contribution in [0.3, 0.4) is 0 Å². The maximum atomic E-state index is 10.8. The monoisotopic (exact) mass is 276 g/mol. The summed E-state index contributed by atoms with van der Waals surface area (Å²) in [5.41, 5.74) is 7.03. The molecule has 2 atom stereocenters. The second-order valence-corrected chi connectivity index (χ2v) is 5.79. The molecule has 6 heteroatoms. The molecule has 20 heavy (non-hydrogen) atoms. The van der Waals surface area contributed by atoms with E-state index in [4.69, 9.17) is 5.73 Å². The average Bonchev–Trinajstić information content (AvgIpc) is 2.84. The molecule has 0 radical (unpaired) electrons. The van der Waals surface area contributed by atoms with Crippen LogP contribution >= 0.6 is 0 Å². The van der Waals surface area contributed by atoms with Gasteiger partial charge in [0.2, 0.25) is 0 Å². The van der Waals surface area contributed by atoms with Crippen molar-refractivity contribution in [2.45, 2.75) is 31.8 Å². The van der Waals surface area contributed by atoms with Crippen molar-refractivity contribution < 1.29 is 4.92 Å². The molecule has 2 fully saturated rings. The first kappa shape index (κ1) is 13.2. The summed E-state index contributed by atoms with van der Waals surface area (Å²) in [5, 5.41) is 10.8. The normalized spacial score (nSPS) is 26.6. The summed E-state index contributed by atoms with van der Waals surface area (Å²) in [4.78, 5) is 15.3. The number of rotatable bonds is 2. The number of anilines is 2. The Morgan fingerprint density at radius 3 is 2.90 bits per heavy atom. The highest BCUT2D eigenvalue weighted by Crippen LogP contribution is 2.32. The molecule has 0 saturated carbocycles. The van der Waals surface area contributed by atoms with E-state index < -0.39 is 4.92 Å². The Morgan fingerprint density at radius 2 is 2.20 bits per heavy atom. The molecular formula is C14H20N4O2. The van der Waals surface area contributed by atoms with E-state index >= 15 is 0 Å². The van der Waals surface area contributed by atoms with Crippen LogP contribution in [0.2, 0.25) is 0 Å². The van der Waals surface area contributed by atoms with Crippen molar-refractivity contribution in [1.82, 2.24) is 4.90 Å².